The third-order valence-electron chi connectivity index (χ3n) is 7.42. The molecule has 5 rings (SSSR count). The quantitative estimate of drug-likeness (QED) is 0.480. The van der Waals surface area contributed by atoms with Crippen molar-refractivity contribution >= 4 is 27.6 Å². The Morgan fingerprint density at radius 2 is 2.00 bits per heavy atom. The van der Waals surface area contributed by atoms with E-state index in [2.05, 4.69) is 0 Å². The van der Waals surface area contributed by atoms with E-state index in [4.69, 9.17) is 13.9 Å². The maximum Gasteiger partial charge on any atom is 0.344 e. The minimum Gasteiger partial charge on any atom is -0.497 e. The lowest BCUT2D eigenvalue weighted by atomic mass is 9.71. The molecule has 1 amide bonds. The highest BCUT2D eigenvalue weighted by molar-refractivity contribution is 6.06. The molecule has 2 aliphatic rings. The van der Waals surface area contributed by atoms with E-state index in [0.29, 0.717) is 47.5 Å². The van der Waals surface area contributed by atoms with Crippen LogP contribution in [0.3, 0.4) is 0 Å². The highest BCUT2D eigenvalue weighted by atomic mass is 16.5. The minimum atomic E-state index is -0.616. The van der Waals surface area contributed by atoms with Crippen molar-refractivity contribution in [2.45, 2.75) is 44.6 Å². The van der Waals surface area contributed by atoms with Crippen LogP contribution in [0.2, 0.25) is 0 Å². The number of methoxy groups -OCH3 is 1. The summed E-state index contributed by atoms with van der Waals surface area (Å²) >= 11 is 0. The predicted molar refractivity (Wildman–Crippen MR) is 125 cm³/mol. The Labute approximate surface area is 191 Å². The number of amides is 1. The molecular formula is C26H29NO6. The molecule has 1 aromatic heterocycles. The monoisotopic (exact) mass is 451 g/mol. The van der Waals surface area contributed by atoms with Gasteiger partial charge in [-0.25, -0.2) is 4.79 Å². The summed E-state index contributed by atoms with van der Waals surface area (Å²) in [6.45, 7) is 2.87. The van der Waals surface area contributed by atoms with Gasteiger partial charge in [0.05, 0.1) is 18.1 Å². The highest BCUT2D eigenvalue weighted by Gasteiger charge is 2.43. The van der Waals surface area contributed by atoms with E-state index in [9.17, 15) is 14.7 Å². The van der Waals surface area contributed by atoms with Gasteiger partial charge in [0.1, 0.15) is 17.1 Å². The average molecular weight is 452 g/mol. The molecule has 2 aromatic carbocycles. The molecule has 2 fully saturated rings. The molecule has 0 spiro atoms. The molecule has 1 N–H and O–H groups in total. The number of hydrogen-bond acceptors (Lipinski definition) is 6. The van der Waals surface area contributed by atoms with Crippen LogP contribution in [0.4, 0.5) is 0 Å². The summed E-state index contributed by atoms with van der Waals surface area (Å²) in [5.41, 5.74) is 0.0686. The second-order valence-corrected chi connectivity index (χ2v) is 9.29. The normalized spacial score (nSPS) is 22.9. The zero-order chi connectivity index (χ0) is 23.2. The SMILES string of the molecule is COc1ccc2c(c1)c(=O)oc1c(C)c(OCC(=O)N3CCC4(O)CCCCC4C3)ccc12. The molecule has 2 heterocycles. The first-order valence-corrected chi connectivity index (χ1v) is 11.6. The van der Waals surface area contributed by atoms with E-state index < -0.39 is 11.2 Å². The Bertz CT molecular complexity index is 1280. The van der Waals surface area contributed by atoms with E-state index in [-0.39, 0.29) is 18.4 Å². The van der Waals surface area contributed by atoms with Gasteiger partial charge in [-0.05, 0) is 56.5 Å². The summed E-state index contributed by atoms with van der Waals surface area (Å²) < 4.78 is 16.7. The number of aliphatic hydroxyl groups is 1. The highest BCUT2D eigenvalue weighted by Crippen LogP contribution is 2.40. The molecule has 33 heavy (non-hydrogen) atoms. The molecule has 1 aliphatic heterocycles. The van der Waals surface area contributed by atoms with Crippen LogP contribution in [0.15, 0.2) is 39.5 Å². The molecule has 174 valence electrons. The zero-order valence-corrected chi connectivity index (χ0v) is 19.1. The van der Waals surface area contributed by atoms with Crippen molar-refractivity contribution in [2.75, 3.05) is 26.8 Å². The van der Waals surface area contributed by atoms with E-state index in [1.54, 1.807) is 13.2 Å². The lowest BCUT2D eigenvalue weighted by Gasteiger charge is -2.47. The van der Waals surface area contributed by atoms with Gasteiger partial charge in [0.2, 0.25) is 0 Å². The van der Waals surface area contributed by atoms with Crippen LogP contribution in [0.5, 0.6) is 11.5 Å². The molecule has 0 bridgehead atoms. The average Bonchev–Trinajstić information content (AvgIpc) is 2.83. The van der Waals surface area contributed by atoms with Crippen LogP contribution in [0.25, 0.3) is 21.7 Å². The van der Waals surface area contributed by atoms with Crippen LogP contribution in [0, 0.1) is 12.8 Å². The number of rotatable bonds is 4. The van der Waals surface area contributed by atoms with Crippen molar-refractivity contribution in [3.8, 4) is 11.5 Å². The Kier molecular flexibility index (Phi) is 5.52. The number of likely N-dealkylation sites (tertiary alicyclic amines) is 1. The molecule has 3 aromatic rings. The van der Waals surface area contributed by atoms with Crippen molar-refractivity contribution < 1.29 is 23.8 Å². The fourth-order valence-corrected chi connectivity index (χ4v) is 5.40. The van der Waals surface area contributed by atoms with Gasteiger partial charge in [-0.2, -0.15) is 0 Å². The van der Waals surface area contributed by atoms with E-state index in [0.717, 1.165) is 36.5 Å². The fraction of sp³-hybridized carbons (Fsp3) is 0.462. The smallest absolute Gasteiger partial charge is 0.344 e. The number of carbonyl (C=O) groups excluding carboxylic acids is 1. The molecule has 1 saturated carbocycles. The molecule has 7 nitrogen and oxygen atoms in total. The van der Waals surface area contributed by atoms with Gasteiger partial charge in [0.15, 0.2) is 6.61 Å². The second-order valence-electron chi connectivity index (χ2n) is 9.29. The van der Waals surface area contributed by atoms with Gasteiger partial charge in [-0.15, -0.1) is 0 Å². The van der Waals surface area contributed by atoms with E-state index in [1.807, 2.05) is 36.1 Å². The summed E-state index contributed by atoms with van der Waals surface area (Å²) in [6, 6.07) is 8.99. The number of hydrogen-bond donors (Lipinski definition) is 1. The lowest BCUT2D eigenvalue weighted by Crippen LogP contribution is -2.55. The van der Waals surface area contributed by atoms with Gasteiger partial charge in [-0.1, -0.05) is 12.8 Å². The van der Waals surface area contributed by atoms with Crippen molar-refractivity contribution in [3.63, 3.8) is 0 Å². The molecule has 0 radical (unpaired) electrons. The van der Waals surface area contributed by atoms with Gasteiger partial charge in [0, 0.05) is 35.3 Å². The molecule has 7 heteroatoms. The zero-order valence-electron chi connectivity index (χ0n) is 19.1. The third kappa shape index (κ3) is 3.84. The summed E-state index contributed by atoms with van der Waals surface area (Å²) in [5.74, 6) is 1.16. The van der Waals surface area contributed by atoms with Crippen LogP contribution < -0.4 is 15.1 Å². The van der Waals surface area contributed by atoms with E-state index in [1.165, 1.54) is 0 Å². The summed E-state index contributed by atoms with van der Waals surface area (Å²) in [5, 5.41) is 12.9. The summed E-state index contributed by atoms with van der Waals surface area (Å²) in [7, 11) is 1.55. The van der Waals surface area contributed by atoms with Crippen LogP contribution >= 0.6 is 0 Å². The standard InChI is InChI=1S/C26H29NO6/c1-16-22(32-15-23(28)27-12-11-26(30)10-4-3-5-17(26)14-27)9-8-20-19-7-6-18(31-2)13-21(19)25(29)33-24(16)20/h6-9,13,17,30H,3-5,10-12,14-15H2,1-2H3. The summed E-state index contributed by atoms with van der Waals surface area (Å²) in [6.07, 6.45) is 4.59. The number of nitrogens with zero attached hydrogens (tertiary/aromatic N) is 1. The Morgan fingerprint density at radius 3 is 2.82 bits per heavy atom. The molecule has 2 unspecified atom stereocenters. The number of benzene rings is 2. The van der Waals surface area contributed by atoms with Crippen LogP contribution in [0.1, 0.15) is 37.7 Å². The Hall–Kier alpha value is -3.06. The maximum atomic E-state index is 12.8. The number of fused-ring (bicyclic) bond motifs is 4. The number of aryl methyl sites for hydroxylation is 1. The van der Waals surface area contributed by atoms with Crippen molar-refractivity contribution in [1.82, 2.24) is 4.90 Å². The Balaban J connectivity index is 1.35. The van der Waals surface area contributed by atoms with Crippen molar-refractivity contribution in [1.29, 1.82) is 0 Å². The molecule has 1 aliphatic carbocycles. The fourth-order valence-electron chi connectivity index (χ4n) is 5.40. The number of carbonyl (C=O) groups is 1. The third-order valence-corrected chi connectivity index (χ3v) is 7.42. The largest absolute Gasteiger partial charge is 0.497 e. The first-order valence-electron chi connectivity index (χ1n) is 11.6. The molecular weight excluding hydrogens is 422 g/mol. The second kappa shape index (κ2) is 8.37. The van der Waals surface area contributed by atoms with E-state index >= 15 is 0 Å². The van der Waals surface area contributed by atoms with Crippen molar-refractivity contribution in [2.24, 2.45) is 5.92 Å². The maximum absolute atomic E-state index is 12.8. The number of ether oxygens (including phenoxy) is 2. The first-order chi connectivity index (χ1) is 15.9. The van der Waals surface area contributed by atoms with Crippen LogP contribution in [-0.2, 0) is 4.79 Å². The summed E-state index contributed by atoms with van der Waals surface area (Å²) in [4.78, 5) is 27.2. The number of piperidine rings is 1. The molecule has 1 saturated heterocycles. The van der Waals surface area contributed by atoms with Crippen LogP contribution in [-0.4, -0.2) is 48.3 Å². The van der Waals surface area contributed by atoms with Crippen molar-refractivity contribution in [3.05, 3.63) is 46.3 Å². The Morgan fingerprint density at radius 1 is 1.18 bits per heavy atom. The molecule has 2 atom stereocenters. The minimum absolute atomic E-state index is 0.0887. The van der Waals surface area contributed by atoms with Gasteiger partial charge < -0.3 is 23.9 Å². The predicted octanol–water partition coefficient (Wildman–Crippen LogP) is 3.80. The van der Waals surface area contributed by atoms with Gasteiger partial charge in [0.25, 0.3) is 5.91 Å². The van der Waals surface area contributed by atoms with Gasteiger partial charge >= 0.3 is 5.63 Å². The first kappa shape index (κ1) is 21.8. The van der Waals surface area contributed by atoms with Gasteiger partial charge in [-0.3, -0.25) is 4.79 Å². The topological polar surface area (TPSA) is 89.2 Å². The lowest BCUT2D eigenvalue weighted by molar-refractivity contribution is -0.145.